The van der Waals surface area contributed by atoms with Crippen LogP contribution in [-0.2, 0) is 11.3 Å². The Morgan fingerprint density at radius 3 is 2.73 bits per heavy atom. The highest BCUT2D eigenvalue weighted by Gasteiger charge is 2.40. The minimum atomic E-state index is -4.85. The van der Waals surface area contributed by atoms with E-state index >= 15 is 0 Å². The molecule has 0 spiro atoms. The van der Waals surface area contributed by atoms with Gasteiger partial charge in [-0.2, -0.15) is 18.3 Å². The second-order valence-electron chi connectivity index (χ2n) is 6.89. The third kappa shape index (κ3) is 4.21. The summed E-state index contributed by atoms with van der Waals surface area (Å²) < 4.78 is 77.3. The second-order valence-corrected chi connectivity index (χ2v) is 6.89. The normalized spacial score (nSPS) is 12.8. The van der Waals surface area contributed by atoms with Gasteiger partial charge in [0.05, 0.1) is 18.1 Å². The van der Waals surface area contributed by atoms with Crippen molar-refractivity contribution in [3.05, 3.63) is 65.3 Å². The molecular formula is C20H13F5N4O4. The Hall–Kier alpha value is -4.03. The number of carbonyl (C=O) groups is 2. The first kappa shape index (κ1) is 22.2. The summed E-state index contributed by atoms with van der Waals surface area (Å²) in [7, 11) is 0. The van der Waals surface area contributed by atoms with Gasteiger partial charge in [-0.1, -0.05) is 0 Å². The maximum Gasteiger partial charge on any atom is 0.425 e. The molecule has 4 rings (SSSR count). The van der Waals surface area contributed by atoms with Crippen LogP contribution >= 0.6 is 0 Å². The molecule has 0 bridgehead atoms. The Labute approximate surface area is 180 Å². The average Bonchev–Trinajstić information content (AvgIpc) is 3.38. The SMILES string of the molecule is CC(OC(=O)c1cc(F)c(F)c2cc(CNC(=O)c3cnn4cccnc34)oc12)C(F)(F)F. The molecule has 1 amide bonds. The zero-order valence-corrected chi connectivity index (χ0v) is 16.6. The van der Waals surface area contributed by atoms with Crippen LogP contribution in [-0.4, -0.2) is 38.8 Å². The van der Waals surface area contributed by atoms with Gasteiger partial charge < -0.3 is 14.5 Å². The van der Waals surface area contributed by atoms with Crippen molar-refractivity contribution in [3.8, 4) is 0 Å². The van der Waals surface area contributed by atoms with E-state index in [1.54, 1.807) is 12.3 Å². The van der Waals surface area contributed by atoms with E-state index in [-0.39, 0.29) is 23.5 Å². The van der Waals surface area contributed by atoms with E-state index in [0.29, 0.717) is 13.0 Å². The van der Waals surface area contributed by atoms with Crippen LogP contribution in [0.15, 0.2) is 41.2 Å². The van der Waals surface area contributed by atoms with Crippen LogP contribution in [0.5, 0.6) is 0 Å². The number of nitrogens with one attached hydrogen (secondary N) is 1. The molecule has 1 unspecified atom stereocenters. The lowest BCUT2D eigenvalue weighted by Crippen LogP contribution is -2.31. The van der Waals surface area contributed by atoms with E-state index in [9.17, 15) is 31.5 Å². The highest BCUT2D eigenvalue weighted by molar-refractivity contribution is 6.02. The molecule has 0 radical (unpaired) electrons. The number of esters is 1. The molecule has 0 aliphatic rings. The predicted molar refractivity (Wildman–Crippen MR) is 101 cm³/mol. The maximum absolute atomic E-state index is 14.2. The first-order valence-electron chi connectivity index (χ1n) is 9.31. The van der Waals surface area contributed by atoms with Crippen molar-refractivity contribution in [1.82, 2.24) is 19.9 Å². The van der Waals surface area contributed by atoms with Crippen LogP contribution < -0.4 is 5.32 Å². The summed E-state index contributed by atoms with van der Waals surface area (Å²) in [6, 6.07) is 3.02. The standard InChI is InChI=1S/C20H13F5N4O4/c1-9(20(23,24)25)32-19(31)12-6-14(21)15(22)11-5-10(33-16(11)12)7-27-18(30)13-8-28-29-4-2-3-26-17(13)29/h2-6,8-9H,7H2,1H3,(H,27,30). The summed E-state index contributed by atoms with van der Waals surface area (Å²) in [4.78, 5) is 28.7. The van der Waals surface area contributed by atoms with Crippen LogP contribution in [0, 0.1) is 11.6 Å². The fraction of sp³-hybridized carbons (Fsp3) is 0.200. The van der Waals surface area contributed by atoms with Gasteiger partial charge in [-0.25, -0.2) is 23.1 Å². The Morgan fingerprint density at radius 1 is 1.24 bits per heavy atom. The summed E-state index contributed by atoms with van der Waals surface area (Å²) in [5, 5.41) is 5.96. The number of furan rings is 1. The molecule has 1 atom stereocenters. The average molecular weight is 468 g/mol. The van der Waals surface area contributed by atoms with E-state index in [1.807, 2.05) is 0 Å². The third-order valence-corrected chi connectivity index (χ3v) is 4.66. The van der Waals surface area contributed by atoms with Crippen molar-refractivity contribution >= 4 is 28.5 Å². The molecule has 172 valence electrons. The molecule has 1 aromatic carbocycles. The van der Waals surface area contributed by atoms with Gasteiger partial charge in [0.2, 0.25) is 0 Å². The zero-order valence-electron chi connectivity index (χ0n) is 16.6. The van der Waals surface area contributed by atoms with Crippen molar-refractivity contribution in [2.45, 2.75) is 25.7 Å². The number of carbonyl (C=O) groups excluding carboxylic acids is 2. The second kappa shape index (κ2) is 8.15. The lowest BCUT2D eigenvalue weighted by Gasteiger charge is -2.16. The first-order valence-corrected chi connectivity index (χ1v) is 9.31. The van der Waals surface area contributed by atoms with Crippen LogP contribution in [0.4, 0.5) is 22.0 Å². The number of nitrogens with zero attached hydrogens (tertiary/aromatic N) is 3. The van der Waals surface area contributed by atoms with Gasteiger partial charge in [-0.15, -0.1) is 0 Å². The van der Waals surface area contributed by atoms with E-state index in [1.165, 1.54) is 16.9 Å². The summed E-state index contributed by atoms with van der Waals surface area (Å²) in [5.74, 6) is -5.10. The molecule has 0 aliphatic heterocycles. The predicted octanol–water partition coefficient (Wildman–Crippen LogP) is 3.79. The lowest BCUT2D eigenvalue weighted by molar-refractivity contribution is -0.198. The largest absolute Gasteiger partial charge is 0.458 e. The quantitative estimate of drug-likeness (QED) is 0.354. The van der Waals surface area contributed by atoms with Crippen LogP contribution in [0.25, 0.3) is 16.6 Å². The van der Waals surface area contributed by atoms with E-state index in [4.69, 9.17) is 4.42 Å². The van der Waals surface area contributed by atoms with Crippen molar-refractivity contribution in [1.29, 1.82) is 0 Å². The summed E-state index contributed by atoms with van der Waals surface area (Å²) >= 11 is 0. The van der Waals surface area contributed by atoms with Gasteiger partial charge in [-0.05, 0) is 25.1 Å². The number of ether oxygens (including phenoxy) is 1. The number of hydrogen-bond donors (Lipinski definition) is 1. The van der Waals surface area contributed by atoms with Gasteiger partial charge in [0.15, 0.2) is 29.0 Å². The maximum atomic E-state index is 14.2. The zero-order chi connectivity index (χ0) is 23.9. The number of alkyl halides is 3. The Balaban J connectivity index is 1.59. The number of hydrogen-bond acceptors (Lipinski definition) is 6. The Morgan fingerprint density at radius 2 is 2.00 bits per heavy atom. The van der Waals surface area contributed by atoms with Gasteiger partial charge >= 0.3 is 12.1 Å². The number of fused-ring (bicyclic) bond motifs is 2. The van der Waals surface area contributed by atoms with Crippen molar-refractivity contribution in [2.75, 3.05) is 0 Å². The highest BCUT2D eigenvalue weighted by atomic mass is 19.4. The fourth-order valence-corrected chi connectivity index (χ4v) is 2.97. The van der Waals surface area contributed by atoms with Gasteiger partial charge in [0.25, 0.3) is 5.91 Å². The topological polar surface area (TPSA) is 98.7 Å². The number of amides is 1. The monoisotopic (exact) mass is 468 g/mol. The number of halogens is 5. The summed E-state index contributed by atoms with van der Waals surface area (Å²) in [5.41, 5.74) is -0.842. The molecule has 3 aromatic heterocycles. The summed E-state index contributed by atoms with van der Waals surface area (Å²) in [6.45, 7) is 0.277. The number of benzene rings is 1. The van der Waals surface area contributed by atoms with Crippen LogP contribution in [0.2, 0.25) is 0 Å². The van der Waals surface area contributed by atoms with E-state index in [2.05, 4.69) is 20.1 Å². The van der Waals surface area contributed by atoms with E-state index in [0.717, 1.165) is 6.07 Å². The number of rotatable bonds is 5. The lowest BCUT2D eigenvalue weighted by atomic mass is 10.1. The minimum absolute atomic E-state index is 0.0924. The fourth-order valence-electron chi connectivity index (χ4n) is 2.97. The van der Waals surface area contributed by atoms with Crippen molar-refractivity contribution in [3.63, 3.8) is 0 Å². The molecule has 13 heteroatoms. The first-order chi connectivity index (χ1) is 15.6. The summed E-state index contributed by atoms with van der Waals surface area (Å²) in [6.07, 6.45) is -3.01. The molecular weight excluding hydrogens is 455 g/mol. The molecule has 0 aliphatic carbocycles. The van der Waals surface area contributed by atoms with Crippen LogP contribution in [0.3, 0.4) is 0 Å². The van der Waals surface area contributed by atoms with Gasteiger partial charge in [0, 0.05) is 12.4 Å². The molecule has 1 N–H and O–H groups in total. The number of aromatic nitrogens is 3. The molecule has 0 saturated heterocycles. The Bertz CT molecular complexity index is 1380. The van der Waals surface area contributed by atoms with Crippen molar-refractivity contribution in [2.24, 2.45) is 0 Å². The molecule has 0 fully saturated rings. The minimum Gasteiger partial charge on any atom is -0.458 e. The van der Waals surface area contributed by atoms with Gasteiger partial charge in [0.1, 0.15) is 16.9 Å². The molecule has 3 heterocycles. The van der Waals surface area contributed by atoms with Gasteiger partial charge in [-0.3, -0.25) is 4.79 Å². The molecule has 8 nitrogen and oxygen atoms in total. The smallest absolute Gasteiger partial charge is 0.425 e. The third-order valence-electron chi connectivity index (χ3n) is 4.66. The molecule has 0 saturated carbocycles. The Kier molecular flexibility index (Phi) is 5.47. The van der Waals surface area contributed by atoms with E-state index < -0.39 is 52.3 Å². The highest BCUT2D eigenvalue weighted by Crippen LogP contribution is 2.30. The van der Waals surface area contributed by atoms with Crippen molar-refractivity contribution < 1.29 is 40.7 Å². The molecule has 33 heavy (non-hydrogen) atoms. The molecule has 4 aromatic rings. The van der Waals surface area contributed by atoms with Crippen LogP contribution in [0.1, 0.15) is 33.4 Å².